The topological polar surface area (TPSA) is 66.4 Å². The predicted octanol–water partition coefficient (Wildman–Crippen LogP) is 8.82. The number of aliphatic hydroxyl groups is 1. The van der Waals surface area contributed by atoms with Gasteiger partial charge in [0, 0.05) is 25.7 Å². The lowest BCUT2D eigenvalue weighted by Gasteiger charge is -2.36. The van der Waals surface area contributed by atoms with Crippen LogP contribution in [0.3, 0.4) is 0 Å². The Kier molecular flexibility index (Phi) is 13.8. The van der Waals surface area contributed by atoms with Crippen LogP contribution >= 0.6 is 0 Å². The van der Waals surface area contributed by atoms with Crippen molar-refractivity contribution in [2.45, 2.75) is 148 Å². The second kappa shape index (κ2) is 17.1. The summed E-state index contributed by atoms with van der Waals surface area (Å²) in [6.45, 7) is 15.4. The summed E-state index contributed by atoms with van der Waals surface area (Å²) in [7, 11) is -1.95. The summed E-state index contributed by atoms with van der Waals surface area (Å²) in [6, 6.07) is 8.66. The Labute approximate surface area is 269 Å². The molecule has 1 N–H and O–H groups in total. The average molecular weight is 631 g/mol. The van der Waals surface area contributed by atoms with Crippen molar-refractivity contribution >= 4 is 8.32 Å². The maximum atomic E-state index is 10.6. The van der Waals surface area contributed by atoms with Crippen molar-refractivity contribution in [3.63, 3.8) is 0 Å². The zero-order chi connectivity index (χ0) is 31.6. The first-order valence-electron chi connectivity index (χ1n) is 17.7. The van der Waals surface area contributed by atoms with Crippen LogP contribution in [-0.4, -0.2) is 58.0 Å². The molecule has 1 aliphatic carbocycles. The molecule has 0 spiro atoms. The molecule has 1 aromatic carbocycles. The fourth-order valence-corrected chi connectivity index (χ4v) is 7.71. The highest BCUT2D eigenvalue weighted by atomic mass is 28.4. The predicted molar refractivity (Wildman–Crippen MR) is 180 cm³/mol. The number of benzene rings is 1. The molecule has 6 nitrogen and oxygen atoms in total. The van der Waals surface area contributed by atoms with Crippen molar-refractivity contribution in [3.05, 3.63) is 42.0 Å². The average Bonchev–Trinajstić information content (AvgIpc) is 3.31. The Hall–Kier alpha value is -1.22. The third-order valence-corrected chi connectivity index (χ3v) is 14.8. The molecule has 7 atom stereocenters. The van der Waals surface area contributed by atoms with Crippen molar-refractivity contribution in [1.82, 2.24) is 0 Å². The summed E-state index contributed by atoms with van der Waals surface area (Å²) in [5.41, 5.74) is 1.25. The van der Waals surface area contributed by atoms with Crippen molar-refractivity contribution in [2.75, 3.05) is 19.8 Å². The molecule has 250 valence electrons. The van der Waals surface area contributed by atoms with E-state index in [-0.39, 0.29) is 54.2 Å². The zero-order valence-electron chi connectivity index (χ0n) is 28.6. The van der Waals surface area contributed by atoms with Crippen LogP contribution in [0, 0.1) is 17.8 Å². The van der Waals surface area contributed by atoms with Gasteiger partial charge >= 0.3 is 0 Å². The molecule has 0 aromatic heterocycles. The Morgan fingerprint density at radius 2 is 1.75 bits per heavy atom. The molecule has 44 heavy (non-hydrogen) atoms. The van der Waals surface area contributed by atoms with Crippen LogP contribution in [0.1, 0.15) is 104 Å². The van der Waals surface area contributed by atoms with Gasteiger partial charge in [-0.05, 0) is 105 Å². The summed E-state index contributed by atoms with van der Waals surface area (Å²) in [5.74, 6) is 1.52. The lowest BCUT2D eigenvalue weighted by atomic mass is 9.83. The molecular weight excluding hydrogens is 568 g/mol. The van der Waals surface area contributed by atoms with E-state index in [0.717, 1.165) is 83.2 Å². The first kappa shape index (κ1) is 35.6. The summed E-state index contributed by atoms with van der Waals surface area (Å²) in [4.78, 5) is 0. The van der Waals surface area contributed by atoms with Gasteiger partial charge in [0.25, 0.3) is 0 Å². The van der Waals surface area contributed by atoms with Gasteiger partial charge in [-0.2, -0.15) is 0 Å². The first-order chi connectivity index (χ1) is 21.1. The molecule has 3 fully saturated rings. The van der Waals surface area contributed by atoms with Gasteiger partial charge in [-0.3, -0.25) is 0 Å². The summed E-state index contributed by atoms with van der Waals surface area (Å²) in [6.07, 6.45) is 17.1. The summed E-state index contributed by atoms with van der Waals surface area (Å²) < 4.78 is 31.9. The maximum absolute atomic E-state index is 10.6. The SMILES string of the molecule is CCCCC[C@H](/C=C/[C@@H]1[C@@H](Cc2cccc(O[Si](C)(C)C(C)(C)C)c2)[C@@H](CO)C[C@H]1O[C@H]1CCCCO1)O[C@H]1CCCCO1. The minimum Gasteiger partial charge on any atom is -0.543 e. The van der Waals surface area contributed by atoms with Crippen LogP contribution < -0.4 is 4.43 Å². The molecule has 0 unspecified atom stereocenters. The Morgan fingerprint density at radius 1 is 1.02 bits per heavy atom. The smallest absolute Gasteiger partial charge is 0.250 e. The van der Waals surface area contributed by atoms with Gasteiger partial charge in [0.1, 0.15) is 5.75 Å². The van der Waals surface area contributed by atoms with E-state index < -0.39 is 8.32 Å². The Morgan fingerprint density at radius 3 is 2.39 bits per heavy atom. The zero-order valence-corrected chi connectivity index (χ0v) is 29.6. The van der Waals surface area contributed by atoms with E-state index in [9.17, 15) is 5.11 Å². The number of hydrogen-bond donors (Lipinski definition) is 1. The molecule has 3 aliphatic rings. The highest BCUT2D eigenvalue weighted by Gasteiger charge is 2.44. The highest BCUT2D eigenvalue weighted by molar-refractivity contribution is 6.74. The number of ether oxygens (including phenoxy) is 4. The van der Waals surface area contributed by atoms with E-state index >= 15 is 0 Å². The summed E-state index contributed by atoms with van der Waals surface area (Å²) >= 11 is 0. The van der Waals surface area contributed by atoms with Gasteiger partial charge in [-0.15, -0.1) is 0 Å². The molecule has 0 radical (unpaired) electrons. The Balaban J connectivity index is 1.56. The highest BCUT2D eigenvalue weighted by Crippen LogP contribution is 2.44. The molecule has 1 aromatic rings. The fourth-order valence-electron chi connectivity index (χ4n) is 6.69. The van der Waals surface area contributed by atoms with E-state index in [2.05, 4.69) is 77.2 Å². The minimum absolute atomic E-state index is 0.00499. The lowest BCUT2D eigenvalue weighted by molar-refractivity contribution is -0.193. The summed E-state index contributed by atoms with van der Waals surface area (Å²) in [5, 5.41) is 10.8. The van der Waals surface area contributed by atoms with Crippen LogP contribution in [0.2, 0.25) is 18.1 Å². The van der Waals surface area contributed by atoms with Crippen molar-refractivity contribution in [1.29, 1.82) is 0 Å². The van der Waals surface area contributed by atoms with E-state index in [1.165, 1.54) is 18.4 Å². The second-order valence-corrected chi connectivity index (χ2v) is 19.7. The third-order valence-electron chi connectivity index (χ3n) is 10.4. The van der Waals surface area contributed by atoms with Crippen LogP contribution in [0.5, 0.6) is 5.75 Å². The van der Waals surface area contributed by atoms with Gasteiger partial charge < -0.3 is 28.5 Å². The molecule has 2 saturated heterocycles. The van der Waals surface area contributed by atoms with E-state index in [1.54, 1.807) is 0 Å². The van der Waals surface area contributed by atoms with Gasteiger partial charge in [0.2, 0.25) is 8.32 Å². The number of rotatable bonds is 15. The van der Waals surface area contributed by atoms with Crippen molar-refractivity contribution in [2.24, 2.45) is 17.8 Å². The molecular formula is C37H62O6Si. The second-order valence-electron chi connectivity index (χ2n) is 15.0. The molecule has 0 bridgehead atoms. The minimum atomic E-state index is -1.95. The molecule has 4 rings (SSSR count). The monoisotopic (exact) mass is 630 g/mol. The molecule has 1 saturated carbocycles. The van der Waals surface area contributed by atoms with E-state index in [0.29, 0.717) is 0 Å². The molecule has 0 amide bonds. The van der Waals surface area contributed by atoms with Crippen molar-refractivity contribution < 1.29 is 28.5 Å². The van der Waals surface area contributed by atoms with Crippen LogP contribution in [0.4, 0.5) is 0 Å². The quantitative estimate of drug-likeness (QED) is 0.119. The van der Waals surface area contributed by atoms with Gasteiger partial charge in [0.15, 0.2) is 12.6 Å². The fraction of sp³-hybridized carbons (Fsp3) is 0.784. The number of aliphatic hydroxyl groups excluding tert-OH is 1. The molecule has 7 heteroatoms. The lowest BCUT2D eigenvalue weighted by Crippen LogP contribution is -2.43. The maximum Gasteiger partial charge on any atom is 0.250 e. The van der Waals surface area contributed by atoms with Gasteiger partial charge in [0.05, 0.1) is 12.2 Å². The Bertz CT molecular complexity index is 994. The first-order valence-corrected chi connectivity index (χ1v) is 20.6. The van der Waals surface area contributed by atoms with Gasteiger partial charge in [-0.25, -0.2) is 0 Å². The van der Waals surface area contributed by atoms with E-state index in [4.69, 9.17) is 23.4 Å². The molecule has 2 aliphatic heterocycles. The molecule has 2 heterocycles. The normalized spacial score (nSPS) is 29.2. The largest absolute Gasteiger partial charge is 0.543 e. The standard InChI is InChI=1S/C37H62O6Si/c1-7-8-9-16-30(41-35-18-10-12-22-39-35)20-21-32-33(29(27-38)26-34(32)42-36-19-11-13-23-40-36)25-28-15-14-17-31(24-28)43-44(5,6)37(2,3)4/h14-15,17,20-21,24,29-30,32-36,38H,7-13,16,18-19,22-23,25-27H2,1-6H3/b21-20+/t29-,30-,32-,33+,34-,35+,36+/m1/s1. The van der Waals surface area contributed by atoms with Crippen LogP contribution in [0.25, 0.3) is 0 Å². The number of unbranched alkanes of at least 4 members (excludes halogenated alkanes) is 2. The van der Waals surface area contributed by atoms with E-state index in [1.807, 2.05) is 0 Å². The third kappa shape index (κ3) is 10.4. The van der Waals surface area contributed by atoms with Crippen molar-refractivity contribution in [3.8, 4) is 5.75 Å². The number of hydrogen-bond acceptors (Lipinski definition) is 6. The van der Waals surface area contributed by atoms with Crippen LogP contribution in [-0.2, 0) is 25.4 Å². The van der Waals surface area contributed by atoms with Crippen LogP contribution in [0.15, 0.2) is 36.4 Å². The van der Waals surface area contributed by atoms with Gasteiger partial charge in [-0.1, -0.05) is 71.2 Å².